The maximum Gasteiger partial charge on any atom is 0.253 e. The Hall–Kier alpha value is -2.03. The number of aryl methyl sites for hydroxylation is 1. The van der Waals surface area contributed by atoms with Crippen molar-refractivity contribution < 1.29 is 4.79 Å². The third-order valence-corrected chi connectivity index (χ3v) is 3.95. The molecule has 0 fully saturated rings. The van der Waals surface area contributed by atoms with Crippen LogP contribution in [0.15, 0.2) is 47.7 Å². The third kappa shape index (κ3) is 7.49. The van der Waals surface area contributed by atoms with E-state index < -0.39 is 0 Å². The van der Waals surface area contributed by atoms with Gasteiger partial charge < -0.3 is 11.1 Å². The quantitative estimate of drug-likeness (QED) is 0.374. The largest absolute Gasteiger partial charge is 0.402 e. The van der Waals surface area contributed by atoms with Gasteiger partial charge in [0.2, 0.25) is 0 Å². The van der Waals surface area contributed by atoms with Crippen molar-refractivity contribution in [1.29, 1.82) is 0 Å². The number of carbonyl (C=O) groups is 1. The highest BCUT2D eigenvalue weighted by molar-refractivity contribution is 5.96. The minimum absolute atomic E-state index is 0.118. The Morgan fingerprint density at radius 3 is 2.58 bits per heavy atom. The van der Waals surface area contributed by atoms with Crippen molar-refractivity contribution in [2.24, 2.45) is 5.73 Å². The van der Waals surface area contributed by atoms with Gasteiger partial charge in [0, 0.05) is 12.2 Å². The molecule has 1 amide bonds. The van der Waals surface area contributed by atoms with E-state index in [4.69, 9.17) is 5.73 Å². The van der Waals surface area contributed by atoms with Gasteiger partial charge in [-0.05, 0) is 37.3 Å². The molecule has 0 radical (unpaired) electrons. The van der Waals surface area contributed by atoms with Crippen molar-refractivity contribution >= 4 is 5.91 Å². The number of carbonyl (C=O) groups excluding carboxylic acids is 1. The van der Waals surface area contributed by atoms with Crippen LogP contribution in [-0.2, 0) is 17.8 Å². The molecule has 0 unspecified atom stereocenters. The van der Waals surface area contributed by atoms with Gasteiger partial charge in [-0.1, -0.05) is 69.5 Å². The van der Waals surface area contributed by atoms with E-state index in [1.165, 1.54) is 31.2 Å². The summed E-state index contributed by atoms with van der Waals surface area (Å²) in [7, 11) is 0. The first-order chi connectivity index (χ1) is 11.6. The zero-order valence-corrected chi connectivity index (χ0v) is 15.4. The second kappa shape index (κ2) is 11.5. The molecular weight excluding hydrogens is 296 g/mol. The van der Waals surface area contributed by atoms with Crippen LogP contribution in [0, 0.1) is 0 Å². The van der Waals surface area contributed by atoms with E-state index in [0.29, 0.717) is 17.8 Å². The standard InChI is InChI=1S/C21H32N2O/c1-4-6-8-9-11-18-12-10-13-19(15-18)16-23-21(24)20(17(3)22)14-7-5-2/h7,10,12-15H,4-6,8-9,11,16,22H2,1-3H3,(H,23,24)/b14-7-,20-17-. The third-order valence-electron chi connectivity index (χ3n) is 3.95. The molecule has 3 nitrogen and oxygen atoms in total. The number of allylic oxidation sites excluding steroid dienone is 2. The molecule has 0 heterocycles. The molecule has 24 heavy (non-hydrogen) atoms. The van der Waals surface area contributed by atoms with E-state index in [9.17, 15) is 4.79 Å². The van der Waals surface area contributed by atoms with E-state index in [1.54, 1.807) is 13.0 Å². The molecule has 0 spiro atoms. The maximum absolute atomic E-state index is 12.3. The van der Waals surface area contributed by atoms with Crippen LogP contribution in [0.5, 0.6) is 0 Å². The predicted molar refractivity (Wildman–Crippen MR) is 102 cm³/mol. The molecule has 0 aromatic heterocycles. The van der Waals surface area contributed by atoms with Gasteiger partial charge in [0.15, 0.2) is 0 Å². The van der Waals surface area contributed by atoms with Crippen LogP contribution in [0.1, 0.15) is 64.0 Å². The molecule has 0 saturated carbocycles. The number of nitrogens with two attached hydrogens (primary N) is 1. The predicted octanol–water partition coefficient (Wildman–Crippen LogP) is 4.62. The Kier molecular flexibility index (Phi) is 9.59. The molecule has 3 heteroatoms. The lowest BCUT2D eigenvalue weighted by atomic mass is 10.0. The fourth-order valence-corrected chi connectivity index (χ4v) is 2.55. The van der Waals surface area contributed by atoms with Crippen LogP contribution in [-0.4, -0.2) is 5.91 Å². The molecule has 1 rings (SSSR count). The highest BCUT2D eigenvalue weighted by Crippen LogP contribution is 2.11. The Morgan fingerprint density at radius 2 is 1.92 bits per heavy atom. The van der Waals surface area contributed by atoms with Gasteiger partial charge in [0.1, 0.15) is 0 Å². The molecule has 0 aliphatic carbocycles. The van der Waals surface area contributed by atoms with E-state index in [2.05, 4.69) is 36.5 Å². The monoisotopic (exact) mass is 328 g/mol. The lowest BCUT2D eigenvalue weighted by molar-refractivity contribution is -0.117. The van der Waals surface area contributed by atoms with Gasteiger partial charge in [-0.15, -0.1) is 0 Å². The molecule has 1 aromatic rings. The van der Waals surface area contributed by atoms with Crippen LogP contribution >= 0.6 is 0 Å². The molecule has 0 atom stereocenters. The van der Waals surface area contributed by atoms with Crippen molar-refractivity contribution in [3.05, 3.63) is 58.8 Å². The van der Waals surface area contributed by atoms with Crippen molar-refractivity contribution in [3.8, 4) is 0 Å². The molecule has 0 bridgehead atoms. The number of hydrogen-bond acceptors (Lipinski definition) is 2. The molecule has 0 aliphatic heterocycles. The van der Waals surface area contributed by atoms with Crippen molar-refractivity contribution in [1.82, 2.24) is 5.32 Å². The maximum atomic E-state index is 12.3. The van der Waals surface area contributed by atoms with Gasteiger partial charge in [-0.2, -0.15) is 0 Å². The lowest BCUT2D eigenvalue weighted by Gasteiger charge is -2.09. The highest BCUT2D eigenvalue weighted by atomic mass is 16.1. The van der Waals surface area contributed by atoms with E-state index in [-0.39, 0.29) is 5.91 Å². The minimum Gasteiger partial charge on any atom is -0.402 e. The van der Waals surface area contributed by atoms with Crippen molar-refractivity contribution in [3.63, 3.8) is 0 Å². The summed E-state index contributed by atoms with van der Waals surface area (Å²) in [4.78, 5) is 12.3. The first kappa shape index (κ1) is 20.0. The second-order valence-electron chi connectivity index (χ2n) is 6.22. The summed E-state index contributed by atoms with van der Waals surface area (Å²) in [5, 5.41) is 2.96. The Morgan fingerprint density at radius 1 is 1.17 bits per heavy atom. The highest BCUT2D eigenvalue weighted by Gasteiger charge is 2.08. The normalized spacial score (nSPS) is 12.3. The van der Waals surface area contributed by atoms with Crippen molar-refractivity contribution in [2.75, 3.05) is 0 Å². The molecule has 1 aromatic carbocycles. The topological polar surface area (TPSA) is 55.1 Å². The summed E-state index contributed by atoms with van der Waals surface area (Å²) in [5.74, 6) is -0.118. The summed E-state index contributed by atoms with van der Waals surface area (Å²) >= 11 is 0. The number of benzene rings is 1. The summed E-state index contributed by atoms with van der Waals surface area (Å²) in [6, 6.07) is 8.47. The summed E-state index contributed by atoms with van der Waals surface area (Å²) in [5.41, 5.74) is 9.38. The number of nitrogens with one attached hydrogen (secondary N) is 1. The van der Waals surface area contributed by atoms with Gasteiger partial charge in [0.25, 0.3) is 5.91 Å². The Bertz CT molecular complexity index is 569. The fourth-order valence-electron chi connectivity index (χ4n) is 2.55. The average molecular weight is 329 g/mol. The van der Waals surface area contributed by atoms with Crippen LogP contribution in [0.3, 0.4) is 0 Å². The molecule has 0 aliphatic rings. The van der Waals surface area contributed by atoms with Gasteiger partial charge in [-0.25, -0.2) is 0 Å². The average Bonchev–Trinajstić information content (AvgIpc) is 2.57. The minimum atomic E-state index is -0.118. The molecule has 3 N–H and O–H groups in total. The van der Waals surface area contributed by atoms with Crippen LogP contribution in [0.25, 0.3) is 0 Å². The zero-order chi connectivity index (χ0) is 17.8. The Labute approximate surface area is 147 Å². The second-order valence-corrected chi connectivity index (χ2v) is 6.22. The van der Waals surface area contributed by atoms with Gasteiger partial charge >= 0.3 is 0 Å². The van der Waals surface area contributed by atoms with Crippen LogP contribution in [0.4, 0.5) is 0 Å². The van der Waals surface area contributed by atoms with E-state index in [1.807, 2.05) is 13.0 Å². The number of amides is 1. The first-order valence-corrected chi connectivity index (χ1v) is 9.07. The smallest absolute Gasteiger partial charge is 0.253 e. The SMILES string of the molecule is CC/C=C\C(C(=O)NCc1cccc(CCCCCC)c1)=C(/C)N. The summed E-state index contributed by atoms with van der Waals surface area (Å²) < 4.78 is 0. The van der Waals surface area contributed by atoms with Crippen LogP contribution < -0.4 is 11.1 Å². The van der Waals surface area contributed by atoms with Crippen LogP contribution in [0.2, 0.25) is 0 Å². The number of unbranched alkanes of at least 4 members (excludes halogenated alkanes) is 3. The molecular formula is C21H32N2O. The van der Waals surface area contributed by atoms with Crippen molar-refractivity contribution in [2.45, 2.75) is 65.8 Å². The van der Waals surface area contributed by atoms with Gasteiger partial charge in [0.05, 0.1) is 5.57 Å². The van der Waals surface area contributed by atoms with E-state index >= 15 is 0 Å². The zero-order valence-electron chi connectivity index (χ0n) is 15.4. The lowest BCUT2D eigenvalue weighted by Crippen LogP contribution is -2.25. The molecule has 132 valence electrons. The number of rotatable bonds is 10. The number of hydrogen-bond donors (Lipinski definition) is 2. The Balaban J connectivity index is 2.59. The van der Waals surface area contributed by atoms with E-state index in [0.717, 1.165) is 18.4 Å². The summed E-state index contributed by atoms with van der Waals surface area (Å²) in [6.07, 6.45) is 10.8. The summed E-state index contributed by atoms with van der Waals surface area (Å²) in [6.45, 7) is 6.54. The first-order valence-electron chi connectivity index (χ1n) is 9.07. The van der Waals surface area contributed by atoms with Gasteiger partial charge in [-0.3, -0.25) is 4.79 Å². The molecule has 0 saturated heterocycles. The fraction of sp³-hybridized carbons (Fsp3) is 0.476.